The molecule has 3 amide bonds. The maximum atomic E-state index is 11.7. The monoisotopic (exact) mass is 279 g/mol. The van der Waals surface area contributed by atoms with Gasteiger partial charge >= 0.3 is 6.03 Å². The van der Waals surface area contributed by atoms with Crippen molar-refractivity contribution in [1.29, 1.82) is 0 Å². The summed E-state index contributed by atoms with van der Waals surface area (Å²) in [7, 11) is 1.54. The summed E-state index contributed by atoms with van der Waals surface area (Å²) in [4.78, 5) is 23.1. The largest absolute Gasteiger partial charge is 0.495 e. The van der Waals surface area contributed by atoms with Crippen molar-refractivity contribution in [2.75, 3.05) is 19.0 Å². The van der Waals surface area contributed by atoms with Gasteiger partial charge in [-0.3, -0.25) is 4.79 Å². The van der Waals surface area contributed by atoms with E-state index in [1.165, 1.54) is 7.11 Å². The Balaban J connectivity index is 2.35. The molecular weight excluding hydrogens is 258 g/mol. The fourth-order valence-corrected chi connectivity index (χ4v) is 1.60. The summed E-state index contributed by atoms with van der Waals surface area (Å²) in [6.07, 6.45) is 0.248. The number of methoxy groups -OCH3 is 1. The lowest BCUT2D eigenvalue weighted by atomic mass is 10.3. The van der Waals surface area contributed by atoms with Crippen LogP contribution < -0.4 is 20.7 Å². The zero-order valence-corrected chi connectivity index (χ0v) is 12.0. The number of nitrogens with one attached hydrogen (secondary N) is 3. The van der Waals surface area contributed by atoms with Crippen LogP contribution in [0, 0.1) is 0 Å². The maximum Gasteiger partial charge on any atom is 0.319 e. The van der Waals surface area contributed by atoms with Gasteiger partial charge < -0.3 is 20.7 Å². The molecule has 1 aromatic carbocycles. The normalized spacial score (nSPS) is 10.0. The second-order valence-electron chi connectivity index (χ2n) is 4.55. The first-order valence-electron chi connectivity index (χ1n) is 6.50. The van der Waals surface area contributed by atoms with E-state index < -0.39 is 0 Å². The maximum absolute atomic E-state index is 11.7. The zero-order chi connectivity index (χ0) is 15.0. The molecule has 0 spiro atoms. The minimum Gasteiger partial charge on any atom is -0.495 e. The molecule has 3 N–H and O–H groups in total. The standard InChI is InChI=1S/C14H21N3O3/c1-10(2)16-13(18)8-9-15-14(19)17-11-6-4-5-7-12(11)20-3/h4-7,10H,8-9H2,1-3H3,(H,16,18)(H2,15,17,19). The quantitative estimate of drug-likeness (QED) is 0.742. The molecule has 0 saturated carbocycles. The fraction of sp³-hybridized carbons (Fsp3) is 0.429. The van der Waals surface area contributed by atoms with Gasteiger partial charge in [-0.2, -0.15) is 0 Å². The summed E-state index contributed by atoms with van der Waals surface area (Å²) in [5.74, 6) is 0.498. The molecular formula is C14H21N3O3. The van der Waals surface area contributed by atoms with Gasteiger partial charge in [-0.15, -0.1) is 0 Å². The number of ether oxygens (including phenoxy) is 1. The highest BCUT2D eigenvalue weighted by molar-refractivity contribution is 5.91. The molecule has 0 aliphatic rings. The molecule has 0 fully saturated rings. The Labute approximate surface area is 118 Å². The van der Waals surface area contributed by atoms with Gasteiger partial charge in [-0.05, 0) is 26.0 Å². The number of urea groups is 1. The van der Waals surface area contributed by atoms with Gasteiger partial charge in [0.1, 0.15) is 5.75 Å². The van der Waals surface area contributed by atoms with Gasteiger partial charge in [-0.1, -0.05) is 12.1 Å². The number of hydrogen-bond acceptors (Lipinski definition) is 3. The highest BCUT2D eigenvalue weighted by Crippen LogP contribution is 2.22. The first-order chi connectivity index (χ1) is 9.52. The van der Waals surface area contributed by atoms with Crippen LogP contribution in [0.15, 0.2) is 24.3 Å². The third-order valence-electron chi connectivity index (χ3n) is 2.44. The lowest BCUT2D eigenvalue weighted by Gasteiger charge is -2.11. The molecule has 6 nitrogen and oxygen atoms in total. The predicted octanol–water partition coefficient (Wildman–Crippen LogP) is 1.73. The molecule has 0 atom stereocenters. The summed E-state index contributed by atoms with van der Waals surface area (Å²) < 4.78 is 5.13. The minimum atomic E-state index is -0.369. The second kappa shape index (κ2) is 8.04. The highest BCUT2D eigenvalue weighted by Gasteiger charge is 2.07. The third-order valence-corrected chi connectivity index (χ3v) is 2.44. The number of amides is 3. The van der Waals surface area contributed by atoms with E-state index in [2.05, 4.69) is 16.0 Å². The Morgan fingerprint density at radius 1 is 1.25 bits per heavy atom. The van der Waals surface area contributed by atoms with E-state index in [1.54, 1.807) is 18.2 Å². The van der Waals surface area contributed by atoms with Crippen LogP contribution in [-0.2, 0) is 4.79 Å². The van der Waals surface area contributed by atoms with Gasteiger partial charge in [0.2, 0.25) is 5.91 Å². The fourth-order valence-electron chi connectivity index (χ4n) is 1.60. The van der Waals surface area contributed by atoms with E-state index in [0.29, 0.717) is 11.4 Å². The van der Waals surface area contributed by atoms with Crippen molar-refractivity contribution in [2.45, 2.75) is 26.3 Å². The molecule has 20 heavy (non-hydrogen) atoms. The van der Waals surface area contributed by atoms with Crippen LogP contribution >= 0.6 is 0 Å². The molecule has 0 unspecified atom stereocenters. The first-order valence-corrected chi connectivity index (χ1v) is 6.50. The Morgan fingerprint density at radius 3 is 2.60 bits per heavy atom. The second-order valence-corrected chi connectivity index (χ2v) is 4.55. The van der Waals surface area contributed by atoms with Gasteiger partial charge in [-0.25, -0.2) is 4.79 Å². The highest BCUT2D eigenvalue weighted by atomic mass is 16.5. The van der Waals surface area contributed by atoms with Crippen LogP contribution in [0.4, 0.5) is 10.5 Å². The molecule has 0 radical (unpaired) electrons. The van der Waals surface area contributed by atoms with E-state index >= 15 is 0 Å². The van der Waals surface area contributed by atoms with E-state index in [-0.39, 0.29) is 30.9 Å². The number of benzene rings is 1. The van der Waals surface area contributed by atoms with Crippen molar-refractivity contribution in [3.8, 4) is 5.75 Å². The number of hydrogen-bond donors (Lipinski definition) is 3. The molecule has 0 saturated heterocycles. The smallest absolute Gasteiger partial charge is 0.319 e. The molecule has 0 aromatic heterocycles. The topological polar surface area (TPSA) is 79.5 Å². The van der Waals surface area contributed by atoms with Crippen molar-refractivity contribution in [1.82, 2.24) is 10.6 Å². The predicted molar refractivity (Wildman–Crippen MR) is 77.9 cm³/mol. The summed E-state index contributed by atoms with van der Waals surface area (Å²) >= 11 is 0. The third kappa shape index (κ3) is 5.60. The Kier molecular flexibility index (Phi) is 6.36. The van der Waals surface area contributed by atoms with Gasteiger partial charge in [0, 0.05) is 19.0 Å². The van der Waals surface area contributed by atoms with Gasteiger partial charge in [0.05, 0.1) is 12.8 Å². The van der Waals surface area contributed by atoms with Crippen molar-refractivity contribution in [3.05, 3.63) is 24.3 Å². The lowest BCUT2D eigenvalue weighted by molar-refractivity contribution is -0.121. The Hall–Kier alpha value is -2.24. The summed E-state index contributed by atoms with van der Waals surface area (Å²) in [5.41, 5.74) is 0.583. The van der Waals surface area contributed by atoms with Crippen molar-refractivity contribution in [3.63, 3.8) is 0 Å². The Bertz CT molecular complexity index is 461. The van der Waals surface area contributed by atoms with Crippen LogP contribution in [0.25, 0.3) is 0 Å². The van der Waals surface area contributed by atoms with Crippen molar-refractivity contribution in [2.24, 2.45) is 0 Å². The van der Waals surface area contributed by atoms with Crippen molar-refractivity contribution >= 4 is 17.6 Å². The molecule has 0 bridgehead atoms. The molecule has 0 aliphatic carbocycles. The molecule has 0 aliphatic heterocycles. The zero-order valence-electron chi connectivity index (χ0n) is 12.0. The SMILES string of the molecule is COc1ccccc1NC(=O)NCCC(=O)NC(C)C. The summed E-state index contributed by atoms with van der Waals surface area (Å²) in [6, 6.07) is 6.85. The number of carbonyl (C=O) groups is 2. The van der Waals surface area contributed by atoms with E-state index in [1.807, 2.05) is 19.9 Å². The van der Waals surface area contributed by atoms with E-state index in [0.717, 1.165) is 0 Å². The molecule has 1 aromatic rings. The van der Waals surface area contributed by atoms with Crippen LogP contribution in [-0.4, -0.2) is 31.6 Å². The van der Waals surface area contributed by atoms with Gasteiger partial charge in [0.15, 0.2) is 0 Å². The number of para-hydroxylation sites is 2. The summed E-state index contributed by atoms with van der Waals surface area (Å²) in [5, 5.41) is 8.04. The Morgan fingerprint density at radius 2 is 1.95 bits per heavy atom. The van der Waals surface area contributed by atoms with Crippen molar-refractivity contribution < 1.29 is 14.3 Å². The minimum absolute atomic E-state index is 0.0856. The average Bonchev–Trinajstić information content (AvgIpc) is 2.38. The van der Waals surface area contributed by atoms with E-state index in [9.17, 15) is 9.59 Å². The molecule has 1 rings (SSSR count). The molecule has 0 heterocycles. The number of rotatable bonds is 6. The number of carbonyl (C=O) groups excluding carboxylic acids is 2. The summed E-state index contributed by atoms with van der Waals surface area (Å²) in [6.45, 7) is 4.05. The molecule has 6 heteroatoms. The first kappa shape index (κ1) is 15.8. The number of anilines is 1. The van der Waals surface area contributed by atoms with Gasteiger partial charge in [0.25, 0.3) is 0 Å². The average molecular weight is 279 g/mol. The molecule has 110 valence electrons. The van der Waals surface area contributed by atoms with Crippen LogP contribution in [0.3, 0.4) is 0 Å². The van der Waals surface area contributed by atoms with Crippen LogP contribution in [0.2, 0.25) is 0 Å². The van der Waals surface area contributed by atoms with Crippen LogP contribution in [0.5, 0.6) is 5.75 Å². The lowest BCUT2D eigenvalue weighted by Crippen LogP contribution is -2.35. The van der Waals surface area contributed by atoms with E-state index in [4.69, 9.17) is 4.74 Å². The van der Waals surface area contributed by atoms with Crippen LogP contribution in [0.1, 0.15) is 20.3 Å².